The standard InChI is InChI=1S/C13H8Cl3NO2/c1-19-13(18)10-4-7(6-17-12(10)16)9-5-8(14)2-3-11(9)15/h2-6H,1H3. The van der Waals surface area contributed by atoms with Crippen LogP contribution in [0.15, 0.2) is 30.5 Å². The zero-order valence-electron chi connectivity index (χ0n) is 9.78. The normalized spacial score (nSPS) is 10.3. The Bertz CT molecular complexity index is 644. The smallest absolute Gasteiger partial charge is 0.341 e. The highest BCUT2D eigenvalue weighted by molar-refractivity contribution is 6.35. The number of ether oxygens (including phenoxy) is 1. The Hall–Kier alpha value is -1.29. The van der Waals surface area contributed by atoms with E-state index in [1.807, 2.05) is 0 Å². The van der Waals surface area contributed by atoms with Crippen LogP contribution in [0.25, 0.3) is 11.1 Å². The van der Waals surface area contributed by atoms with Gasteiger partial charge in [0.15, 0.2) is 0 Å². The number of nitrogens with zero attached hydrogens (tertiary/aromatic N) is 1. The van der Waals surface area contributed by atoms with Crippen molar-refractivity contribution >= 4 is 40.8 Å². The molecule has 1 heterocycles. The molecule has 0 spiro atoms. The summed E-state index contributed by atoms with van der Waals surface area (Å²) in [6, 6.07) is 6.61. The molecule has 0 bridgehead atoms. The van der Waals surface area contributed by atoms with Crippen molar-refractivity contribution < 1.29 is 9.53 Å². The van der Waals surface area contributed by atoms with E-state index in [-0.39, 0.29) is 10.7 Å². The van der Waals surface area contributed by atoms with Crippen LogP contribution in [0.5, 0.6) is 0 Å². The molecule has 0 saturated heterocycles. The largest absolute Gasteiger partial charge is 0.465 e. The van der Waals surface area contributed by atoms with Crippen molar-refractivity contribution in [3.8, 4) is 11.1 Å². The molecule has 2 aromatic rings. The van der Waals surface area contributed by atoms with E-state index in [0.717, 1.165) is 0 Å². The second-order valence-corrected chi connectivity index (χ2v) is 4.88. The van der Waals surface area contributed by atoms with E-state index in [4.69, 9.17) is 34.8 Å². The van der Waals surface area contributed by atoms with Gasteiger partial charge in [0.2, 0.25) is 0 Å². The van der Waals surface area contributed by atoms with Crippen LogP contribution in [0.4, 0.5) is 0 Å². The molecule has 19 heavy (non-hydrogen) atoms. The number of carbonyl (C=O) groups excluding carboxylic acids is 1. The average Bonchev–Trinajstić information content (AvgIpc) is 2.41. The molecule has 0 saturated carbocycles. The summed E-state index contributed by atoms with van der Waals surface area (Å²) < 4.78 is 4.64. The fourth-order valence-electron chi connectivity index (χ4n) is 1.57. The molecule has 0 atom stereocenters. The fraction of sp³-hybridized carbons (Fsp3) is 0.0769. The van der Waals surface area contributed by atoms with Crippen molar-refractivity contribution in [1.29, 1.82) is 0 Å². The van der Waals surface area contributed by atoms with Crippen molar-refractivity contribution in [3.63, 3.8) is 0 Å². The maximum Gasteiger partial charge on any atom is 0.341 e. The second-order valence-electron chi connectivity index (χ2n) is 3.68. The highest BCUT2D eigenvalue weighted by Gasteiger charge is 2.14. The zero-order chi connectivity index (χ0) is 14.0. The van der Waals surface area contributed by atoms with Crippen LogP contribution in [0.1, 0.15) is 10.4 Å². The second kappa shape index (κ2) is 5.78. The molecule has 0 radical (unpaired) electrons. The van der Waals surface area contributed by atoms with Crippen LogP contribution < -0.4 is 0 Å². The zero-order valence-corrected chi connectivity index (χ0v) is 12.1. The maximum atomic E-state index is 11.6. The van der Waals surface area contributed by atoms with Crippen LogP contribution in [-0.4, -0.2) is 18.1 Å². The molecule has 0 fully saturated rings. The van der Waals surface area contributed by atoms with Crippen molar-refractivity contribution in [2.75, 3.05) is 7.11 Å². The van der Waals surface area contributed by atoms with Gasteiger partial charge >= 0.3 is 5.97 Å². The number of benzene rings is 1. The minimum Gasteiger partial charge on any atom is -0.465 e. The molecule has 3 nitrogen and oxygen atoms in total. The predicted octanol–water partition coefficient (Wildman–Crippen LogP) is 4.50. The van der Waals surface area contributed by atoms with Crippen molar-refractivity contribution in [2.24, 2.45) is 0 Å². The third kappa shape index (κ3) is 3.00. The minimum absolute atomic E-state index is 0.0775. The van der Waals surface area contributed by atoms with E-state index in [9.17, 15) is 4.79 Å². The van der Waals surface area contributed by atoms with Crippen LogP contribution in [-0.2, 0) is 4.74 Å². The van der Waals surface area contributed by atoms with Crippen LogP contribution in [0.3, 0.4) is 0 Å². The first-order chi connectivity index (χ1) is 9.02. The van der Waals surface area contributed by atoms with Gasteiger partial charge in [-0.1, -0.05) is 34.8 Å². The summed E-state index contributed by atoms with van der Waals surface area (Å²) in [5, 5.41) is 1.12. The van der Waals surface area contributed by atoms with Gasteiger partial charge in [0, 0.05) is 27.4 Å². The van der Waals surface area contributed by atoms with E-state index in [2.05, 4.69) is 9.72 Å². The molecule has 0 amide bonds. The van der Waals surface area contributed by atoms with Crippen LogP contribution in [0, 0.1) is 0 Å². The number of carbonyl (C=O) groups is 1. The van der Waals surface area contributed by atoms with E-state index < -0.39 is 5.97 Å². The highest BCUT2D eigenvalue weighted by atomic mass is 35.5. The van der Waals surface area contributed by atoms with Gasteiger partial charge in [-0.3, -0.25) is 0 Å². The van der Waals surface area contributed by atoms with E-state index in [0.29, 0.717) is 21.2 Å². The first-order valence-electron chi connectivity index (χ1n) is 5.22. The molecule has 0 N–H and O–H groups in total. The van der Waals surface area contributed by atoms with Gasteiger partial charge in [-0.05, 0) is 24.3 Å². The lowest BCUT2D eigenvalue weighted by Crippen LogP contribution is -2.03. The molecule has 6 heteroatoms. The Morgan fingerprint density at radius 1 is 1.21 bits per heavy atom. The number of methoxy groups -OCH3 is 1. The first-order valence-corrected chi connectivity index (χ1v) is 6.35. The summed E-state index contributed by atoms with van der Waals surface area (Å²) in [5.74, 6) is -0.558. The predicted molar refractivity (Wildman–Crippen MR) is 76.0 cm³/mol. The van der Waals surface area contributed by atoms with Gasteiger partial charge < -0.3 is 4.74 Å². The molecule has 0 aliphatic carbocycles. The van der Waals surface area contributed by atoms with Crippen LogP contribution in [0.2, 0.25) is 15.2 Å². The van der Waals surface area contributed by atoms with Gasteiger partial charge in [-0.15, -0.1) is 0 Å². The number of esters is 1. The van der Waals surface area contributed by atoms with E-state index in [1.165, 1.54) is 13.3 Å². The topological polar surface area (TPSA) is 39.2 Å². The third-order valence-corrected chi connectivity index (χ3v) is 3.35. The fourth-order valence-corrected chi connectivity index (χ4v) is 2.15. The molecule has 0 aliphatic heterocycles. The van der Waals surface area contributed by atoms with Crippen molar-refractivity contribution in [2.45, 2.75) is 0 Å². The molecule has 2 rings (SSSR count). The molecule has 98 valence electrons. The Labute approximate surface area is 125 Å². The monoisotopic (exact) mass is 315 g/mol. The first kappa shape index (κ1) is 14.1. The highest BCUT2D eigenvalue weighted by Crippen LogP contribution is 2.31. The number of aromatic nitrogens is 1. The Balaban J connectivity index is 2.57. The number of pyridine rings is 1. The lowest BCUT2D eigenvalue weighted by Gasteiger charge is -2.07. The number of rotatable bonds is 2. The lowest BCUT2D eigenvalue weighted by molar-refractivity contribution is 0.0600. The minimum atomic E-state index is -0.558. The SMILES string of the molecule is COC(=O)c1cc(-c2cc(Cl)ccc2Cl)cnc1Cl. The maximum absolute atomic E-state index is 11.6. The summed E-state index contributed by atoms with van der Waals surface area (Å²) in [6.45, 7) is 0. The lowest BCUT2D eigenvalue weighted by atomic mass is 10.1. The van der Waals surface area contributed by atoms with E-state index >= 15 is 0 Å². The summed E-state index contributed by atoms with van der Waals surface area (Å²) in [4.78, 5) is 15.5. The molecular formula is C13H8Cl3NO2. The van der Waals surface area contributed by atoms with Gasteiger partial charge in [0.25, 0.3) is 0 Å². The summed E-state index contributed by atoms with van der Waals surface area (Å²) in [6.07, 6.45) is 1.52. The Morgan fingerprint density at radius 2 is 1.95 bits per heavy atom. The molecule has 0 aliphatic rings. The molecule has 1 aromatic carbocycles. The summed E-state index contributed by atoms with van der Waals surface area (Å²) in [5.41, 5.74) is 1.48. The van der Waals surface area contributed by atoms with Gasteiger partial charge in [-0.25, -0.2) is 9.78 Å². The van der Waals surface area contributed by atoms with Crippen molar-refractivity contribution in [3.05, 3.63) is 51.2 Å². The average molecular weight is 317 g/mol. The Kier molecular flexibility index (Phi) is 4.30. The van der Waals surface area contributed by atoms with Gasteiger partial charge in [-0.2, -0.15) is 0 Å². The van der Waals surface area contributed by atoms with Crippen molar-refractivity contribution in [1.82, 2.24) is 4.98 Å². The quantitative estimate of drug-likeness (QED) is 0.605. The molecule has 0 unspecified atom stereocenters. The van der Waals surface area contributed by atoms with Gasteiger partial charge in [0.05, 0.1) is 12.7 Å². The molecular weight excluding hydrogens is 309 g/mol. The molecule has 1 aromatic heterocycles. The summed E-state index contributed by atoms with van der Waals surface area (Å²) >= 11 is 17.9. The third-order valence-electron chi connectivity index (χ3n) is 2.48. The summed E-state index contributed by atoms with van der Waals surface area (Å²) in [7, 11) is 1.28. The number of hydrogen-bond donors (Lipinski definition) is 0. The van der Waals surface area contributed by atoms with Gasteiger partial charge in [0.1, 0.15) is 5.15 Å². The Morgan fingerprint density at radius 3 is 2.63 bits per heavy atom. The van der Waals surface area contributed by atoms with Crippen LogP contribution >= 0.6 is 34.8 Å². The van der Waals surface area contributed by atoms with E-state index in [1.54, 1.807) is 24.3 Å². The number of hydrogen-bond acceptors (Lipinski definition) is 3. The number of halogens is 3.